The summed E-state index contributed by atoms with van der Waals surface area (Å²) in [5, 5.41) is 0. The van der Waals surface area contributed by atoms with Crippen molar-refractivity contribution in [2.75, 3.05) is 13.1 Å². The van der Waals surface area contributed by atoms with Gasteiger partial charge in [-0.25, -0.2) is 0 Å². The van der Waals surface area contributed by atoms with Gasteiger partial charge in [-0.1, -0.05) is 44.2 Å². The first-order valence-corrected chi connectivity index (χ1v) is 6.64. The van der Waals surface area contributed by atoms with Crippen LogP contribution < -0.4 is 5.73 Å². The molecule has 0 bridgehead atoms. The molecule has 18 heavy (non-hydrogen) atoms. The van der Waals surface area contributed by atoms with E-state index in [1.807, 2.05) is 43.9 Å². The van der Waals surface area contributed by atoms with E-state index in [0.29, 0.717) is 6.54 Å². The largest absolute Gasteiger partial charge is 0.341 e. The highest BCUT2D eigenvalue weighted by molar-refractivity contribution is 5.81. The van der Waals surface area contributed by atoms with E-state index in [1.54, 1.807) is 0 Å². The third kappa shape index (κ3) is 4.15. The monoisotopic (exact) mass is 248 g/mol. The van der Waals surface area contributed by atoms with Crippen LogP contribution in [0, 0.1) is 5.92 Å². The van der Waals surface area contributed by atoms with Crippen molar-refractivity contribution in [1.29, 1.82) is 0 Å². The molecule has 1 rings (SSSR count). The number of likely N-dealkylation sites (N-methyl/N-ethyl adjacent to an activating group) is 1. The van der Waals surface area contributed by atoms with Crippen LogP contribution in [0.15, 0.2) is 30.3 Å². The minimum absolute atomic E-state index is 0.0587. The normalized spacial score (nSPS) is 12.5. The first-order valence-electron chi connectivity index (χ1n) is 6.64. The van der Waals surface area contributed by atoms with Gasteiger partial charge in [0.1, 0.15) is 0 Å². The minimum Gasteiger partial charge on any atom is -0.341 e. The summed E-state index contributed by atoms with van der Waals surface area (Å²) in [7, 11) is 0. The summed E-state index contributed by atoms with van der Waals surface area (Å²) >= 11 is 0. The molecule has 1 aromatic carbocycles. The highest BCUT2D eigenvalue weighted by atomic mass is 16.2. The minimum atomic E-state index is -0.388. The zero-order valence-corrected chi connectivity index (χ0v) is 11.6. The van der Waals surface area contributed by atoms with E-state index in [9.17, 15) is 4.79 Å². The van der Waals surface area contributed by atoms with E-state index < -0.39 is 0 Å². The van der Waals surface area contributed by atoms with Crippen molar-refractivity contribution in [2.24, 2.45) is 11.7 Å². The molecule has 0 radical (unpaired) electrons. The Balaban J connectivity index is 2.54. The van der Waals surface area contributed by atoms with Crippen molar-refractivity contribution in [2.45, 2.75) is 33.2 Å². The van der Waals surface area contributed by atoms with Crippen LogP contribution >= 0.6 is 0 Å². The maximum Gasteiger partial charge on any atom is 0.239 e. The molecule has 0 aliphatic heterocycles. The van der Waals surface area contributed by atoms with Crippen LogP contribution in [0.5, 0.6) is 0 Å². The molecule has 0 aromatic heterocycles. The van der Waals surface area contributed by atoms with Crippen LogP contribution in [0.1, 0.15) is 26.3 Å². The number of benzene rings is 1. The van der Waals surface area contributed by atoms with Gasteiger partial charge in [0.05, 0.1) is 6.04 Å². The number of hydrogen-bond donors (Lipinski definition) is 1. The topological polar surface area (TPSA) is 46.3 Å². The summed E-state index contributed by atoms with van der Waals surface area (Å²) < 4.78 is 0. The number of nitrogens with two attached hydrogens (primary N) is 1. The lowest BCUT2D eigenvalue weighted by atomic mass is 10.0. The van der Waals surface area contributed by atoms with Gasteiger partial charge in [-0.2, -0.15) is 0 Å². The molecule has 2 N–H and O–H groups in total. The van der Waals surface area contributed by atoms with Crippen LogP contribution in [0.3, 0.4) is 0 Å². The molecule has 0 aliphatic carbocycles. The Morgan fingerprint density at radius 2 is 1.89 bits per heavy atom. The lowest BCUT2D eigenvalue weighted by Gasteiger charge is -2.26. The van der Waals surface area contributed by atoms with Gasteiger partial charge in [0.25, 0.3) is 0 Å². The van der Waals surface area contributed by atoms with Gasteiger partial charge >= 0.3 is 0 Å². The fourth-order valence-electron chi connectivity index (χ4n) is 1.83. The van der Waals surface area contributed by atoms with Crippen molar-refractivity contribution in [1.82, 2.24) is 4.90 Å². The Kier molecular flexibility index (Phi) is 5.86. The number of carbonyl (C=O) groups excluding carboxylic acids is 1. The van der Waals surface area contributed by atoms with Crippen molar-refractivity contribution >= 4 is 5.91 Å². The second-order valence-corrected chi connectivity index (χ2v) is 4.92. The predicted molar refractivity (Wildman–Crippen MR) is 75.2 cm³/mol. The summed E-state index contributed by atoms with van der Waals surface area (Å²) in [4.78, 5) is 14.0. The molecule has 1 amide bonds. The van der Waals surface area contributed by atoms with Crippen LogP contribution in [-0.4, -0.2) is 29.9 Å². The van der Waals surface area contributed by atoms with Gasteiger partial charge in [-0.15, -0.1) is 0 Å². The fourth-order valence-corrected chi connectivity index (χ4v) is 1.83. The average molecular weight is 248 g/mol. The lowest BCUT2D eigenvalue weighted by molar-refractivity contribution is -0.133. The van der Waals surface area contributed by atoms with Crippen LogP contribution in [0.25, 0.3) is 0 Å². The predicted octanol–water partition coefficient (Wildman–Crippen LogP) is 2.06. The van der Waals surface area contributed by atoms with Gasteiger partial charge < -0.3 is 10.6 Å². The zero-order chi connectivity index (χ0) is 13.5. The summed E-state index contributed by atoms with van der Waals surface area (Å²) in [6.45, 7) is 7.41. The second kappa shape index (κ2) is 7.17. The molecule has 0 aliphatic rings. The maximum atomic E-state index is 12.1. The quantitative estimate of drug-likeness (QED) is 0.837. The molecule has 100 valence electrons. The Labute approximate surface area is 110 Å². The van der Waals surface area contributed by atoms with Gasteiger partial charge in [0.15, 0.2) is 0 Å². The van der Waals surface area contributed by atoms with Crippen LogP contribution in [-0.2, 0) is 11.2 Å². The maximum absolute atomic E-state index is 12.1. The lowest BCUT2D eigenvalue weighted by Crippen LogP contribution is -2.47. The first-order chi connectivity index (χ1) is 8.56. The van der Waals surface area contributed by atoms with E-state index in [1.165, 1.54) is 5.56 Å². The zero-order valence-electron chi connectivity index (χ0n) is 11.6. The van der Waals surface area contributed by atoms with Gasteiger partial charge in [-0.05, 0) is 24.8 Å². The molecule has 0 heterocycles. The van der Waals surface area contributed by atoms with E-state index in [-0.39, 0.29) is 17.9 Å². The second-order valence-electron chi connectivity index (χ2n) is 4.92. The number of nitrogens with zero attached hydrogens (tertiary/aromatic N) is 1. The molecule has 0 fully saturated rings. The van der Waals surface area contributed by atoms with Crippen molar-refractivity contribution in [3.05, 3.63) is 35.9 Å². The summed E-state index contributed by atoms with van der Waals surface area (Å²) in [5.74, 6) is 0.242. The molecule has 1 aromatic rings. The van der Waals surface area contributed by atoms with Crippen LogP contribution in [0.4, 0.5) is 0 Å². The Morgan fingerprint density at radius 3 is 2.39 bits per heavy atom. The molecular weight excluding hydrogens is 224 g/mol. The number of rotatable bonds is 6. The summed E-state index contributed by atoms with van der Waals surface area (Å²) in [6, 6.07) is 9.82. The Hall–Kier alpha value is -1.35. The van der Waals surface area contributed by atoms with E-state index in [2.05, 4.69) is 12.1 Å². The molecule has 0 spiro atoms. The molecule has 0 saturated heterocycles. The molecule has 1 atom stereocenters. The molecule has 0 saturated carbocycles. The Bertz CT molecular complexity index is 362. The third-order valence-corrected chi connectivity index (χ3v) is 3.21. The highest BCUT2D eigenvalue weighted by Crippen LogP contribution is 2.06. The molecular formula is C15H24N2O. The van der Waals surface area contributed by atoms with Crippen molar-refractivity contribution in [3.8, 4) is 0 Å². The van der Waals surface area contributed by atoms with Crippen molar-refractivity contribution < 1.29 is 4.79 Å². The number of carbonyl (C=O) groups is 1. The summed E-state index contributed by atoms with van der Waals surface area (Å²) in [6.07, 6.45) is 0.880. The first kappa shape index (κ1) is 14.7. The number of amides is 1. The molecule has 3 heteroatoms. The van der Waals surface area contributed by atoms with E-state index in [4.69, 9.17) is 5.73 Å². The number of hydrogen-bond acceptors (Lipinski definition) is 2. The van der Waals surface area contributed by atoms with Gasteiger partial charge in [0.2, 0.25) is 5.91 Å². The smallest absolute Gasteiger partial charge is 0.239 e. The van der Waals surface area contributed by atoms with Crippen LogP contribution in [0.2, 0.25) is 0 Å². The third-order valence-electron chi connectivity index (χ3n) is 3.21. The Morgan fingerprint density at radius 1 is 1.28 bits per heavy atom. The van der Waals surface area contributed by atoms with E-state index >= 15 is 0 Å². The molecule has 0 unspecified atom stereocenters. The van der Waals surface area contributed by atoms with Gasteiger partial charge in [0, 0.05) is 13.1 Å². The highest BCUT2D eigenvalue weighted by Gasteiger charge is 2.22. The molecule has 3 nitrogen and oxygen atoms in total. The van der Waals surface area contributed by atoms with Crippen molar-refractivity contribution in [3.63, 3.8) is 0 Å². The average Bonchev–Trinajstić information content (AvgIpc) is 2.39. The SMILES string of the molecule is CCN(CCc1ccccc1)C(=O)[C@@H](N)C(C)C. The summed E-state index contributed by atoms with van der Waals surface area (Å²) in [5.41, 5.74) is 7.17. The standard InChI is InChI=1S/C15H24N2O/c1-4-17(15(18)14(16)12(2)3)11-10-13-8-6-5-7-9-13/h5-9,12,14H,4,10-11,16H2,1-3H3/t14-/m0/s1. The van der Waals surface area contributed by atoms with E-state index in [0.717, 1.165) is 13.0 Å². The van der Waals surface area contributed by atoms with Gasteiger partial charge in [-0.3, -0.25) is 4.79 Å². The fraction of sp³-hybridized carbons (Fsp3) is 0.533.